The van der Waals surface area contributed by atoms with Crippen molar-refractivity contribution in [2.45, 2.75) is 52.1 Å². The Morgan fingerprint density at radius 3 is 2.50 bits per heavy atom. The number of amides is 1. The van der Waals surface area contributed by atoms with E-state index in [2.05, 4.69) is 18.7 Å². The number of carbonyl (C=O) groups is 1. The molecule has 0 aromatic rings. The van der Waals surface area contributed by atoms with E-state index < -0.39 is 0 Å². The van der Waals surface area contributed by atoms with Crippen molar-refractivity contribution < 1.29 is 4.79 Å². The van der Waals surface area contributed by atoms with Crippen LogP contribution in [0.25, 0.3) is 0 Å². The number of thioether (sulfide) groups is 1. The molecule has 0 saturated carbocycles. The maximum atomic E-state index is 12.3. The molecule has 7 heteroatoms. The Morgan fingerprint density at radius 1 is 1.32 bits per heavy atom. The maximum Gasteiger partial charge on any atom is 0.232 e. The molecule has 0 radical (unpaired) electrons. The molecule has 1 amide bonds. The minimum atomic E-state index is 0. The molecule has 1 aliphatic heterocycles. The van der Waals surface area contributed by atoms with Gasteiger partial charge in [-0.3, -0.25) is 4.79 Å². The molecule has 0 aromatic carbocycles. The molecule has 2 unspecified atom stereocenters. The zero-order valence-corrected chi connectivity index (χ0v) is 16.6. The van der Waals surface area contributed by atoms with Crippen molar-refractivity contribution in [1.82, 2.24) is 9.80 Å². The fourth-order valence-electron chi connectivity index (χ4n) is 2.79. The molecule has 0 spiro atoms. The van der Waals surface area contributed by atoms with Crippen LogP contribution in [-0.4, -0.2) is 65.5 Å². The maximum absolute atomic E-state index is 12.3. The third-order valence-electron chi connectivity index (χ3n) is 4.15. The predicted octanol–water partition coefficient (Wildman–Crippen LogP) is 2.63. The minimum absolute atomic E-state index is 0. The first-order chi connectivity index (χ1) is 9.60. The van der Waals surface area contributed by atoms with E-state index >= 15 is 0 Å². The van der Waals surface area contributed by atoms with E-state index in [1.807, 2.05) is 11.8 Å². The van der Waals surface area contributed by atoms with Crippen molar-refractivity contribution >= 4 is 42.5 Å². The standard InChI is InChI=1S/C15H31N3OS.2ClH/c1-4-17(5-2)10-11-20-12-15(19)18-9-7-6-8-14(18)13(3)16;;/h13-14H,4-12,16H2,1-3H3;2*1H. The molecule has 0 aliphatic carbocycles. The largest absolute Gasteiger partial charge is 0.337 e. The summed E-state index contributed by atoms with van der Waals surface area (Å²) < 4.78 is 0. The molecule has 1 heterocycles. The Labute approximate surface area is 152 Å². The van der Waals surface area contributed by atoms with Crippen molar-refractivity contribution in [3.05, 3.63) is 0 Å². The molecule has 4 nitrogen and oxygen atoms in total. The fraction of sp³-hybridized carbons (Fsp3) is 0.933. The second-order valence-electron chi connectivity index (χ2n) is 5.59. The molecular formula is C15H33Cl2N3OS. The number of nitrogens with two attached hydrogens (primary N) is 1. The SMILES string of the molecule is CCN(CC)CCSCC(=O)N1CCCCC1C(C)N.Cl.Cl. The highest BCUT2D eigenvalue weighted by Gasteiger charge is 2.28. The second-order valence-corrected chi connectivity index (χ2v) is 6.69. The van der Waals surface area contributed by atoms with E-state index in [1.165, 1.54) is 6.42 Å². The van der Waals surface area contributed by atoms with Gasteiger partial charge in [-0.15, -0.1) is 24.8 Å². The summed E-state index contributed by atoms with van der Waals surface area (Å²) in [5, 5.41) is 0. The lowest BCUT2D eigenvalue weighted by Gasteiger charge is -2.38. The number of nitrogens with zero attached hydrogens (tertiary/aromatic N) is 2. The Morgan fingerprint density at radius 2 is 1.95 bits per heavy atom. The van der Waals surface area contributed by atoms with E-state index in [4.69, 9.17) is 5.73 Å². The molecule has 2 N–H and O–H groups in total. The zero-order valence-electron chi connectivity index (χ0n) is 14.1. The van der Waals surface area contributed by atoms with Gasteiger partial charge in [0.05, 0.1) is 5.75 Å². The van der Waals surface area contributed by atoms with Gasteiger partial charge in [0.1, 0.15) is 0 Å². The third kappa shape index (κ3) is 8.25. The number of carbonyl (C=O) groups excluding carboxylic acids is 1. The molecule has 2 atom stereocenters. The average Bonchev–Trinajstić information content (AvgIpc) is 2.47. The van der Waals surface area contributed by atoms with E-state index in [9.17, 15) is 4.79 Å². The lowest BCUT2D eigenvalue weighted by Crippen LogP contribution is -2.52. The fourth-order valence-corrected chi connectivity index (χ4v) is 3.66. The van der Waals surface area contributed by atoms with E-state index in [0.29, 0.717) is 5.75 Å². The number of piperidine rings is 1. The van der Waals surface area contributed by atoms with Crippen LogP contribution in [0.1, 0.15) is 40.0 Å². The summed E-state index contributed by atoms with van der Waals surface area (Å²) >= 11 is 1.75. The van der Waals surface area contributed by atoms with Crippen LogP contribution in [0.3, 0.4) is 0 Å². The number of rotatable bonds is 8. The number of halogens is 2. The van der Waals surface area contributed by atoms with Crippen LogP contribution in [0.4, 0.5) is 0 Å². The molecule has 1 fully saturated rings. The first kappa shape index (κ1) is 24.6. The van der Waals surface area contributed by atoms with Crippen molar-refractivity contribution in [1.29, 1.82) is 0 Å². The smallest absolute Gasteiger partial charge is 0.232 e. The summed E-state index contributed by atoms with van der Waals surface area (Å²) in [6, 6.07) is 0.333. The minimum Gasteiger partial charge on any atom is -0.337 e. The summed E-state index contributed by atoms with van der Waals surface area (Å²) in [6.45, 7) is 10.5. The van der Waals surface area contributed by atoms with Gasteiger partial charge in [-0.25, -0.2) is 0 Å². The van der Waals surface area contributed by atoms with Crippen LogP contribution in [0.2, 0.25) is 0 Å². The normalized spacial score (nSPS) is 19.3. The highest BCUT2D eigenvalue weighted by atomic mass is 35.5. The summed E-state index contributed by atoms with van der Waals surface area (Å²) in [5.41, 5.74) is 6.02. The van der Waals surface area contributed by atoms with Crippen molar-refractivity contribution in [2.24, 2.45) is 5.73 Å². The lowest BCUT2D eigenvalue weighted by molar-refractivity contribution is -0.132. The first-order valence-corrected chi connectivity index (χ1v) is 9.10. The third-order valence-corrected chi connectivity index (χ3v) is 5.07. The first-order valence-electron chi connectivity index (χ1n) is 7.95. The highest BCUT2D eigenvalue weighted by Crippen LogP contribution is 2.20. The molecule has 0 bridgehead atoms. The quantitative estimate of drug-likeness (QED) is 0.664. The lowest BCUT2D eigenvalue weighted by atomic mass is 9.97. The van der Waals surface area contributed by atoms with Crippen molar-refractivity contribution in [2.75, 3.05) is 37.7 Å². The van der Waals surface area contributed by atoms with Crippen LogP contribution < -0.4 is 5.73 Å². The Balaban J connectivity index is 0. The molecule has 1 rings (SSSR count). The zero-order chi connectivity index (χ0) is 15.0. The van der Waals surface area contributed by atoms with Gasteiger partial charge in [0.2, 0.25) is 5.91 Å². The summed E-state index contributed by atoms with van der Waals surface area (Å²) in [6.07, 6.45) is 3.39. The Bertz CT molecular complexity index is 292. The molecule has 0 aromatic heterocycles. The van der Waals surface area contributed by atoms with Gasteiger partial charge in [-0.1, -0.05) is 13.8 Å². The number of likely N-dealkylation sites (tertiary alicyclic amines) is 1. The van der Waals surface area contributed by atoms with E-state index in [0.717, 1.165) is 44.8 Å². The summed E-state index contributed by atoms with van der Waals surface area (Å²) in [4.78, 5) is 16.8. The van der Waals surface area contributed by atoms with Crippen LogP contribution in [0.15, 0.2) is 0 Å². The van der Waals surface area contributed by atoms with Gasteiger partial charge < -0.3 is 15.5 Å². The highest BCUT2D eigenvalue weighted by molar-refractivity contribution is 7.99. The molecular weight excluding hydrogens is 341 g/mol. The van der Waals surface area contributed by atoms with Crippen molar-refractivity contribution in [3.63, 3.8) is 0 Å². The number of hydrogen-bond donors (Lipinski definition) is 1. The predicted molar refractivity (Wildman–Crippen MR) is 103 cm³/mol. The van der Waals surface area contributed by atoms with Gasteiger partial charge in [-0.2, -0.15) is 11.8 Å². The van der Waals surface area contributed by atoms with E-state index in [1.54, 1.807) is 11.8 Å². The van der Waals surface area contributed by atoms with Crippen LogP contribution in [-0.2, 0) is 4.79 Å². The number of hydrogen-bond acceptors (Lipinski definition) is 4. The van der Waals surface area contributed by atoms with E-state index in [-0.39, 0.29) is 42.8 Å². The Hall–Kier alpha value is 0.320. The topological polar surface area (TPSA) is 49.6 Å². The Kier molecular flexibility index (Phi) is 15.3. The molecule has 134 valence electrons. The molecule has 1 aliphatic rings. The van der Waals surface area contributed by atoms with Gasteiger partial charge in [0.15, 0.2) is 0 Å². The van der Waals surface area contributed by atoms with Gasteiger partial charge in [0.25, 0.3) is 0 Å². The molecule has 22 heavy (non-hydrogen) atoms. The molecule has 1 saturated heterocycles. The van der Waals surface area contributed by atoms with Crippen molar-refractivity contribution in [3.8, 4) is 0 Å². The second kappa shape index (κ2) is 13.7. The summed E-state index contributed by atoms with van der Waals surface area (Å²) in [7, 11) is 0. The van der Waals surface area contributed by atoms with Crippen LogP contribution in [0.5, 0.6) is 0 Å². The summed E-state index contributed by atoms with van der Waals surface area (Å²) in [5.74, 6) is 1.91. The van der Waals surface area contributed by atoms with Gasteiger partial charge in [-0.05, 0) is 39.3 Å². The van der Waals surface area contributed by atoms with Gasteiger partial charge >= 0.3 is 0 Å². The monoisotopic (exact) mass is 373 g/mol. The average molecular weight is 374 g/mol. The van der Waals surface area contributed by atoms with Crippen LogP contribution >= 0.6 is 36.6 Å². The van der Waals surface area contributed by atoms with Crippen LogP contribution in [0, 0.1) is 0 Å². The van der Waals surface area contributed by atoms with Gasteiger partial charge in [0, 0.05) is 30.9 Å².